The molecule has 27 heavy (non-hydrogen) atoms. The smallest absolute Gasteiger partial charge is 0.125 e. The molecule has 0 radical (unpaired) electrons. The van der Waals surface area contributed by atoms with E-state index < -0.39 is 0 Å². The van der Waals surface area contributed by atoms with Gasteiger partial charge in [0, 0.05) is 39.8 Å². The third-order valence-corrected chi connectivity index (χ3v) is 6.35. The Labute approximate surface area is 161 Å². The van der Waals surface area contributed by atoms with Crippen LogP contribution in [-0.4, -0.2) is 14.3 Å². The zero-order valence-electron chi connectivity index (χ0n) is 14.8. The number of nitrogens with zero attached hydrogens (tertiary/aromatic N) is 2. The zero-order valence-corrected chi connectivity index (χ0v) is 15.6. The van der Waals surface area contributed by atoms with Crippen molar-refractivity contribution < 1.29 is 4.39 Å². The minimum atomic E-state index is -0.222. The van der Waals surface area contributed by atoms with Crippen molar-refractivity contribution in [3.63, 3.8) is 0 Å². The number of nitrogens with one attached hydrogen (secondary N) is 1. The second kappa shape index (κ2) is 6.51. The van der Waals surface area contributed by atoms with Gasteiger partial charge < -0.3 is 4.98 Å². The van der Waals surface area contributed by atoms with Crippen LogP contribution in [0.15, 0.2) is 71.9 Å². The lowest BCUT2D eigenvalue weighted by Gasteiger charge is -2.19. The molecule has 0 fully saturated rings. The van der Waals surface area contributed by atoms with E-state index in [2.05, 4.69) is 45.5 Å². The third-order valence-electron chi connectivity index (χ3n) is 5.11. The van der Waals surface area contributed by atoms with Gasteiger partial charge in [-0.25, -0.2) is 8.70 Å². The SMILES string of the molecule is C[C@@H]1c2cc(-c3c[nH]c4cc(F)ccc34)ccc2SN1Cc1ccccn1. The minimum absolute atomic E-state index is 0.222. The lowest BCUT2D eigenvalue weighted by molar-refractivity contribution is 0.384. The highest BCUT2D eigenvalue weighted by atomic mass is 32.2. The van der Waals surface area contributed by atoms with Crippen LogP contribution >= 0.6 is 11.9 Å². The van der Waals surface area contributed by atoms with E-state index in [1.165, 1.54) is 16.5 Å². The summed E-state index contributed by atoms with van der Waals surface area (Å²) >= 11 is 1.79. The highest BCUT2D eigenvalue weighted by Gasteiger charge is 2.28. The second-order valence-corrected chi connectivity index (χ2v) is 7.90. The molecule has 0 amide bonds. The Balaban J connectivity index is 1.48. The first-order valence-electron chi connectivity index (χ1n) is 8.94. The van der Waals surface area contributed by atoms with E-state index in [0.717, 1.165) is 34.3 Å². The maximum atomic E-state index is 13.5. The van der Waals surface area contributed by atoms with E-state index in [-0.39, 0.29) is 5.82 Å². The molecule has 0 bridgehead atoms. The monoisotopic (exact) mass is 375 g/mol. The molecule has 3 nitrogen and oxygen atoms in total. The Morgan fingerprint density at radius 3 is 2.93 bits per heavy atom. The summed E-state index contributed by atoms with van der Waals surface area (Å²) in [5.41, 5.74) is 5.48. The number of rotatable bonds is 3. The summed E-state index contributed by atoms with van der Waals surface area (Å²) in [5, 5.41) is 1.04. The van der Waals surface area contributed by atoms with Crippen molar-refractivity contribution >= 4 is 22.9 Å². The van der Waals surface area contributed by atoms with E-state index in [0.29, 0.717) is 6.04 Å². The molecule has 0 saturated heterocycles. The summed E-state index contributed by atoms with van der Waals surface area (Å²) < 4.78 is 15.8. The first kappa shape index (κ1) is 16.5. The Bertz CT molecular complexity index is 1120. The molecule has 1 atom stereocenters. The molecule has 2 aromatic carbocycles. The van der Waals surface area contributed by atoms with Gasteiger partial charge in [0.05, 0.1) is 12.2 Å². The van der Waals surface area contributed by atoms with Crippen LogP contribution in [0.5, 0.6) is 0 Å². The van der Waals surface area contributed by atoms with E-state index in [1.54, 1.807) is 18.0 Å². The molecular weight excluding hydrogens is 357 g/mol. The quantitative estimate of drug-likeness (QED) is 0.449. The molecule has 0 saturated carbocycles. The fourth-order valence-electron chi connectivity index (χ4n) is 3.64. The molecule has 134 valence electrons. The molecule has 3 heterocycles. The maximum Gasteiger partial charge on any atom is 0.125 e. The summed E-state index contributed by atoms with van der Waals surface area (Å²) in [4.78, 5) is 8.92. The van der Waals surface area contributed by atoms with Crippen molar-refractivity contribution in [2.75, 3.05) is 0 Å². The molecular formula is C22H18FN3S. The topological polar surface area (TPSA) is 31.9 Å². The third kappa shape index (κ3) is 2.93. The van der Waals surface area contributed by atoms with Crippen molar-refractivity contribution in [3.05, 3.63) is 84.1 Å². The van der Waals surface area contributed by atoms with Crippen LogP contribution in [0.2, 0.25) is 0 Å². The normalized spacial score (nSPS) is 16.7. The molecule has 1 N–H and O–H groups in total. The van der Waals surface area contributed by atoms with Crippen LogP contribution in [0.3, 0.4) is 0 Å². The predicted octanol–water partition coefficient (Wildman–Crippen LogP) is 5.95. The number of hydrogen-bond acceptors (Lipinski definition) is 3. The van der Waals surface area contributed by atoms with Crippen LogP contribution in [-0.2, 0) is 6.54 Å². The molecule has 5 heteroatoms. The molecule has 5 rings (SSSR count). The van der Waals surface area contributed by atoms with Gasteiger partial charge in [-0.3, -0.25) is 4.98 Å². The molecule has 0 spiro atoms. The van der Waals surface area contributed by atoms with Crippen LogP contribution in [0, 0.1) is 5.82 Å². The Hall–Kier alpha value is -2.63. The van der Waals surface area contributed by atoms with E-state index in [1.807, 2.05) is 30.6 Å². The van der Waals surface area contributed by atoms with Crippen molar-refractivity contribution in [2.45, 2.75) is 24.4 Å². The van der Waals surface area contributed by atoms with Crippen LogP contribution in [0.1, 0.15) is 24.2 Å². The van der Waals surface area contributed by atoms with Crippen molar-refractivity contribution in [1.29, 1.82) is 0 Å². The summed E-state index contributed by atoms with van der Waals surface area (Å²) in [7, 11) is 0. The molecule has 4 aromatic rings. The van der Waals surface area contributed by atoms with Crippen LogP contribution in [0.25, 0.3) is 22.0 Å². The zero-order chi connectivity index (χ0) is 18.4. The number of fused-ring (bicyclic) bond motifs is 2. The largest absolute Gasteiger partial charge is 0.360 e. The van der Waals surface area contributed by atoms with Crippen LogP contribution < -0.4 is 0 Å². The number of halogens is 1. The average Bonchev–Trinajstić information content (AvgIpc) is 3.23. The van der Waals surface area contributed by atoms with Gasteiger partial charge in [0.25, 0.3) is 0 Å². The van der Waals surface area contributed by atoms with Crippen molar-refractivity contribution in [1.82, 2.24) is 14.3 Å². The molecule has 1 aliphatic rings. The van der Waals surface area contributed by atoms with E-state index in [4.69, 9.17) is 0 Å². The molecule has 0 aliphatic carbocycles. The first-order valence-corrected chi connectivity index (χ1v) is 9.72. The lowest BCUT2D eigenvalue weighted by Crippen LogP contribution is -2.15. The number of H-pyrrole nitrogens is 1. The molecule has 0 unspecified atom stereocenters. The van der Waals surface area contributed by atoms with E-state index in [9.17, 15) is 4.39 Å². The Morgan fingerprint density at radius 1 is 1.15 bits per heavy atom. The fraction of sp³-hybridized carbons (Fsp3) is 0.136. The standard InChI is InChI=1S/C22H18FN3S/c1-14-19-10-15(20-12-25-21-11-16(23)6-7-18(20)21)5-8-22(19)27-26(14)13-17-4-2-3-9-24-17/h2-12,14,25H,13H2,1H3/t14-/m1/s1. The summed E-state index contributed by atoms with van der Waals surface area (Å²) in [5.74, 6) is -0.222. The number of hydrogen-bond donors (Lipinski definition) is 1. The van der Waals surface area contributed by atoms with Gasteiger partial charge >= 0.3 is 0 Å². The summed E-state index contributed by atoms with van der Waals surface area (Å²) in [6.45, 7) is 3.04. The number of aromatic nitrogens is 2. The summed E-state index contributed by atoms with van der Waals surface area (Å²) in [6, 6.07) is 17.8. The second-order valence-electron chi connectivity index (χ2n) is 6.81. The maximum absolute atomic E-state index is 13.5. The first-order chi connectivity index (χ1) is 13.2. The Morgan fingerprint density at radius 2 is 2.07 bits per heavy atom. The van der Waals surface area contributed by atoms with Gasteiger partial charge in [0.1, 0.15) is 5.82 Å². The Kier molecular flexibility index (Phi) is 3.99. The van der Waals surface area contributed by atoms with Gasteiger partial charge in [-0.1, -0.05) is 12.1 Å². The van der Waals surface area contributed by atoms with Crippen molar-refractivity contribution in [3.8, 4) is 11.1 Å². The predicted molar refractivity (Wildman–Crippen MR) is 108 cm³/mol. The van der Waals surface area contributed by atoms with Crippen molar-refractivity contribution in [2.24, 2.45) is 0 Å². The highest BCUT2D eigenvalue weighted by Crippen LogP contribution is 2.46. The fourth-order valence-corrected chi connectivity index (χ4v) is 4.83. The molecule has 2 aromatic heterocycles. The number of benzene rings is 2. The number of aromatic amines is 1. The summed E-state index contributed by atoms with van der Waals surface area (Å²) in [6.07, 6.45) is 3.80. The van der Waals surface area contributed by atoms with E-state index >= 15 is 0 Å². The van der Waals surface area contributed by atoms with Gasteiger partial charge in [0.15, 0.2) is 0 Å². The minimum Gasteiger partial charge on any atom is -0.360 e. The van der Waals surface area contributed by atoms with Gasteiger partial charge in [-0.2, -0.15) is 0 Å². The van der Waals surface area contributed by atoms with Gasteiger partial charge in [-0.15, -0.1) is 0 Å². The lowest BCUT2D eigenvalue weighted by atomic mass is 9.99. The van der Waals surface area contributed by atoms with Crippen LogP contribution in [0.4, 0.5) is 4.39 Å². The van der Waals surface area contributed by atoms with Gasteiger partial charge in [0.2, 0.25) is 0 Å². The average molecular weight is 375 g/mol. The molecule has 1 aliphatic heterocycles. The van der Waals surface area contributed by atoms with Gasteiger partial charge in [-0.05, 0) is 72.5 Å². The number of pyridine rings is 1. The highest BCUT2D eigenvalue weighted by molar-refractivity contribution is 7.97.